The molecule has 0 bridgehead atoms. The summed E-state index contributed by atoms with van der Waals surface area (Å²) in [5.74, 6) is -0.935. The summed E-state index contributed by atoms with van der Waals surface area (Å²) >= 11 is 0. The molecule has 0 saturated heterocycles. The first kappa shape index (κ1) is 10.7. The van der Waals surface area contributed by atoms with E-state index in [0.29, 0.717) is 13.0 Å². The van der Waals surface area contributed by atoms with Crippen molar-refractivity contribution in [3.63, 3.8) is 0 Å². The fraction of sp³-hybridized carbons (Fsp3) is 0.556. The fourth-order valence-electron chi connectivity index (χ4n) is 1.06. The lowest BCUT2D eigenvalue weighted by molar-refractivity contribution is -0.149. The monoisotopic (exact) mass is 198 g/mol. The molecular weight excluding hydrogens is 184 g/mol. The average Bonchev–Trinajstić information content (AvgIpc) is 2.51. The molecule has 0 aromatic carbocycles. The van der Waals surface area contributed by atoms with Crippen molar-refractivity contribution >= 4 is 5.97 Å². The van der Waals surface area contributed by atoms with E-state index < -0.39 is 12.1 Å². The van der Waals surface area contributed by atoms with Crippen LogP contribution in [0.4, 0.5) is 0 Å². The Bertz CT molecular complexity index is 309. The topological polar surface area (TPSA) is 64.4 Å². The molecular formula is C9H14N2O3. The zero-order valence-corrected chi connectivity index (χ0v) is 8.30. The lowest BCUT2D eigenvalue weighted by atomic mass is 10.3. The zero-order chi connectivity index (χ0) is 10.6. The molecule has 1 atom stereocenters. The molecule has 0 unspecified atom stereocenters. The minimum atomic E-state index is -0.935. The van der Waals surface area contributed by atoms with Gasteiger partial charge in [0.2, 0.25) is 0 Å². The molecule has 1 aromatic heterocycles. The van der Waals surface area contributed by atoms with Crippen molar-refractivity contribution in [2.24, 2.45) is 7.05 Å². The molecule has 78 valence electrons. The second-order valence-electron chi connectivity index (χ2n) is 3.05. The summed E-state index contributed by atoms with van der Waals surface area (Å²) in [6.07, 6.45) is 1.63. The third kappa shape index (κ3) is 2.85. The molecule has 0 saturated carbocycles. The van der Waals surface area contributed by atoms with Crippen LogP contribution >= 0.6 is 0 Å². The van der Waals surface area contributed by atoms with Crippen molar-refractivity contribution in [1.29, 1.82) is 0 Å². The first-order chi connectivity index (χ1) is 6.61. The molecule has 1 rings (SSSR count). The van der Waals surface area contributed by atoms with Gasteiger partial charge in [-0.3, -0.25) is 4.68 Å². The second kappa shape index (κ2) is 4.76. The number of aryl methyl sites for hydroxylation is 1. The smallest absolute Gasteiger partial charge is 0.332 e. The van der Waals surface area contributed by atoms with Crippen LogP contribution in [0, 0.1) is 0 Å². The average molecular weight is 198 g/mol. The number of nitrogens with zero attached hydrogens (tertiary/aromatic N) is 2. The minimum absolute atomic E-state index is 0.396. The highest BCUT2D eigenvalue weighted by molar-refractivity contribution is 5.71. The van der Waals surface area contributed by atoms with Crippen molar-refractivity contribution in [1.82, 2.24) is 9.78 Å². The van der Waals surface area contributed by atoms with Crippen LogP contribution in [-0.2, 0) is 23.0 Å². The molecule has 0 aliphatic carbocycles. The van der Waals surface area contributed by atoms with Gasteiger partial charge in [0.05, 0.1) is 6.61 Å². The second-order valence-corrected chi connectivity index (χ2v) is 3.05. The van der Waals surface area contributed by atoms with Crippen LogP contribution in [0.15, 0.2) is 12.3 Å². The number of carbonyl (C=O) groups is 1. The van der Waals surface area contributed by atoms with E-state index in [1.54, 1.807) is 10.9 Å². The Morgan fingerprint density at radius 3 is 3.00 bits per heavy atom. The van der Waals surface area contributed by atoms with Gasteiger partial charge in [-0.15, -0.1) is 0 Å². The first-order valence-corrected chi connectivity index (χ1v) is 4.42. The van der Waals surface area contributed by atoms with Crippen molar-refractivity contribution in [3.8, 4) is 0 Å². The van der Waals surface area contributed by atoms with Crippen LogP contribution in [0.3, 0.4) is 0 Å². The van der Waals surface area contributed by atoms with Gasteiger partial charge in [-0.2, -0.15) is 5.10 Å². The Labute approximate surface area is 82.3 Å². The number of hydrogen-bond donors (Lipinski definition) is 1. The van der Waals surface area contributed by atoms with Crippen molar-refractivity contribution in [3.05, 3.63) is 18.0 Å². The maximum absolute atomic E-state index is 10.4. The van der Waals surface area contributed by atoms with E-state index in [-0.39, 0.29) is 0 Å². The van der Waals surface area contributed by atoms with Crippen LogP contribution in [0.5, 0.6) is 0 Å². The standard InChI is InChI=1S/C9H14N2O3/c1-7(9(12)13)14-6-4-8-3-5-10-11(8)2/h3,5,7H,4,6H2,1-2H3,(H,12,13)/t7-/m0/s1. The van der Waals surface area contributed by atoms with Crippen LogP contribution in [0.2, 0.25) is 0 Å². The number of ether oxygens (including phenoxy) is 1. The van der Waals surface area contributed by atoms with Crippen molar-refractivity contribution < 1.29 is 14.6 Å². The van der Waals surface area contributed by atoms with Crippen LogP contribution in [0.25, 0.3) is 0 Å². The molecule has 0 aliphatic heterocycles. The lowest BCUT2D eigenvalue weighted by Crippen LogP contribution is -2.21. The molecule has 0 aliphatic rings. The number of rotatable bonds is 5. The third-order valence-corrected chi connectivity index (χ3v) is 2.00. The predicted molar refractivity (Wildman–Crippen MR) is 50.0 cm³/mol. The molecule has 1 aromatic rings. The summed E-state index contributed by atoms with van der Waals surface area (Å²) in [5.41, 5.74) is 1.03. The van der Waals surface area contributed by atoms with E-state index in [4.69, 9.17) is 9.84 Å². The summed E-state index contributed by atoms with van der Waals surface area (Å²) in [6, 6.07) is 1.88. The SMILES string of the molecule is C[C@H](OCCc1ccnn1C)C(=O)O. The number of carboxylic acid groups (broad SMARTS) is 1. The van der Waals surface area contributed by atoms with Gasteiger partial charge < -0.3 is 9.84 Å². The van der Waals surface area contributed by atoms with Gasteiger partial charge in [0.25, 0.3) is 0 Å². The van der Waals surface area contributed by atoms with Crippen molar-refractivity contribution in [2.75, 3.05) is 6.61 Å². The Balaban J connectivity index is 2.29. The van der Waals surface area contributed by atoms with E-state index in [2.05, 4.69) is 5.10 Å². The lowest BCUT2D eigenvalue weighted by Gasteiger charge is -2.07. The Kier molecular flexibility index (Phi) is 3.64. The summed E-state index contributed by atoms with van der Waals surface area (Å²) in [7, 11) is 1.84. The quantitative estimate of drug-likeness (QED) is 0.746. The van der Waals surface area contributed by atoms with Crippen molar-refractivity contribution in [2.45, 2.75) is 19.4 Å². The maximum Gasteiger partial charge on any atom is 0.332 e. The van der Waals surface area contributed by atoms with Gasteiger partial charge in [0.15, 0.2) is 6.10 Å². The van der Waals surface area contributed by atoms with Gasteiger partial charge >= 0.3 is 5.97 Å². The number of carboxylic acids is 1. The highest BCUT2D eigenvalue weighted by atomic mass is 16.5. The van der Waals surface area contributed by atoms with E-state index in [1.807, 2.05) is 13.1 Å². The molecule has 14 heavy (non-hydrogen) atoms. The largest absolute Gasteiger partial charge is 0.479 e. The fourth-order valence-corrected chi connectivity index (χ4v) is 1.06. The Morgan fingerprint density at radius 1 is 1.79 bits per heavy atom. The molecule has 0 spiro atoms. The number of aliphatic carboxylic acids is 1. The highest BCUT2D eigenvalue weighted by Crippen LogP contribution is 1.99. The molecule has 1 N–H and O–H groups in total. The van der Waals surface area contributed by atoms with Crippen LogP contribution in [-0.4, -0.2) is 33.6 Å². The van der Waals surface area contributed by atoms with Crippen LogP contribution < -0.4 is 0 Å². The van der Waals surface area contributed by atoms with Gasteiger partial charge in [-0.25, -0.2) is 4.79 Å². The van der Waals surface area contributed by atoms with Gasteiger partial charge in [-0.1, -0.05) is 0 Å². The van der Waals surface area contributed by atoms with E-state index in [0.717, 1.165) is 5.69 Å². The van der Waals surface area contributed by atoms with Gasteiger partial charge in [0, 0.05) is 25.4 Å². The highest BCUT2D eigenvalue weighted by Gasteiger charge is 2.10. The van der Waals surface area contributed by atoms with E-state index in [1.165, 1.54) is 6.92 Å². The summed E-state index contributed by atoms with van der Waals surface area (Å²) in [4.78, 5) is 10.4. The molecule has 5 heteroatoms. The van der Waals surface area contributed by atoms with Gasteiger partial charge in [0.1, 0.15) is 0 Å². The number of hydrogen-bond acceptors (Lipinski definition) is 3. The molecule has 0 amide bonds. The molecule has 5 nitrogen and oxygen atoms in total. The van der Waals surface area contributed by atoms with E-state index >= 15 is 0 Å². The maximum atomic E-state index is 10.4. The summed E-state index contributed by atoms with van der Waals surface area (Å²) < 4.78 is 6.84. The number of aromatic nitrogens is 2. The Morgan fingerprint density at radius 2 is 2.50 bits per heavy atom. The minimum Gasteiger partial charge on any atom is -0.479 e. The zero-order valence-electron chi connectivity index (χ0n) is 8.30. The molecule has 1 heterocycles. The Hall–Kier alpha value is -1.36. The normalized spacial score (nSPS) is 12.7. The predicted octanol–water partition coefficient (Wildman–Crippen LogP) is 0.452. The third-order valence-electron chi connectivity index (χ3n) is 2.00. The van der Waals surface area contributed by atoms with E-state index in [9.17, 15) is 4.79 Å². The summed E-state index contributed by atoms with van der Waals surface area (Å²) in [6.45, 7) is 1.92. The van der Waals surface area contributed by atoms with Gasteiger partial charge in [-0.05, 0) is 13.0 Å². The van der Waals surface area contributed by atoms with Crippen LogP contribution in [0.1, 0.15) is 12.6 Å². The summed E-state index contributed by atoms with van der Waals surface area (Å²) in [5, 5.41) is 12.5. The molecule has 0 fully saturated rings. The first-order valence-electron chi connectivity index (χ1n) is 4.42. The molecule has 0 radical (unpaired) electrons.